The largest absolute Gasteiger partial charge is 0.354 e. The summed E-state index contributed by atoms with van der Waals surface area (Å²) in [6, 6.07) is 23.1. The number of amides is 2. The van der Waals surface area contributed by atoms with Gasteiger partial charge in [0, 0.05) is 29.7 Å². The molecule has 3 rings (SSSR count). The zero-order chi connectivity index (χ0) is 25.0. The lowest BCUT2D eigenvalue weighted by Gasteiger charge is -2.31. The number of halogens is 2. The van der Waals surface area contributed by atoms with Crippen LogP contribution in [-0.4, -0.2) is 35.1 Å². The number of benzene rings is 3. The summed E-state index contributed by atoms with van der Waals surface area (Å²) in [5.41, 5.74) is 2.88. The molecule has 0 radical (unpaired) electrons. The van der Waals surface area contributed by atoms with Gasteiger partial charge in [0.05, 0.1) is 5.75 Å². The van der Waals surface area contributed by atoms with Crippen LogP contribution in [0.2, 0.25) is 0 Å². The Labute approximate surface area is 219 Å². The van der Waals surface area contributed by atoms with E-state index in [1.54, 1.807) is 17.0 Å². The minimum Gasteiger partial charge on any atom is -0.354 e. The maximum absolute atomic E-state index is 13.5. The summed E-state index contributed by atoms with van der Waals surface area (Å²) in [6.07, 6.45) is 1.21. The Balaban J connectivity index is 1.81. The van der Waals surface area contributed by atoms with Crippen LogP contribution in [0, 0.1) is 5.82 Å². The molecule has 0 saturated heterocycles. The first-order chi connectivity index (χ1) is 17.0. The Bertz CT molecular complexity index is 1080. The van der Waals surface area contributed by atoms with E-state index >= 15 is 0 Å². The smallest absolute Gasteiger partial charge is 0.243 e. The van der Waals surface area contributed by atoms with Gasteiger partial charge in [0.1, 0.15) is 11.9 Å². The lowest BCUT2D eigenvalue weighted by Crippen LogP contribution is -2.51. The van der Waals surface area contributed by atoms with Gasteiger partial charge in [-0.1, -0.05) is 77.5 Å². The van der Waals surface area contributed by atoms with Crippen LogP contribution < -0.4 is 5.32 Å². The zero-order valence-corrected chi connectivity index (χ0v) is 22.2. The van der Waals surface area contributed by atoms with E-state index in [-0.39, 0.29) is 29.9 Å². The second-order valence-corrected chi connectivity index (χ2v) is 10.2. The number of hydrogen-bond acceptors (Lipinski definition) is 3. The number of nitrogens with zero attached hydrogens (tertiary/aromatic N) is 1. The fourth-order valence-electron chi connectivity index (χ4n) is 3.63. The van der Waals surface area contributed by atoms with Crippen LogP contribution in [0.15, 0.2) is 83.3 Å². The molecule has 1 N–H and O–H groups in total. The standard InChI is InChI=1S/C28H30BrFN2O2S/c1-2-16-31-28(34)26(17-21-6-4-3-5-7-21)32(18-22-10-14-25(30)15-11-22)27(33)20-35-19-23-8-12-24(29)13-9-23/h3-15,26H,2,16-20H2,1H3,(H,31,34)/t26-/m1/s1. The van der Waals surface area contributed by atoms with Gasteiger partial charge in [-0.2, -0.15) is 0 Å². The average Bonchev–Trinajstić information content (AvgIpc) is 2.87. The molecule has 0 aliphatic heterocycles. The second kappa shape index (κ2) is 14.0. The normalized spacial score (nSPS) is 11.6. The molecule has 7 heteroatoms. The monoisotopic (exact) mass is 556 g/mol. The molecule has 0 aliphatic carbocycles. The minimum absolute atomic E-state index is 0.121. The van der Waals surface area contributed by atoms with E-state index in [9.17, 15) is 14.0 Å². The molecule has 0 aromatic heterocycles. The van der Waals surface area contributed by atoms with Crippen molar-refractivity contribution in [1.82, 2.24) is 10.2 Å². The fourth-order valence-corrected chi connectivity index (χ4v) is 4.76. The van der Waals surface area contributed by atoms with Gasteiger partial charge < -0.3 is 10.2 Å². The quantitative estimate of drug-likeness (QED) is 0.298. The van der Waals surface area contributed by atoms with Gasteiger partial charge in [-0.15, -0.1) is 11.8 Å². The molecule has 3 aromatic rings. The summed E-state index contributed by atoms with van der Waals surface area (Å²) in [5.74, 6) is 0.296. The minimum atomic E-state index is -0.671. The van der Waals surface area contributed by atoms with E-state index in [1.165, 1.54) is 23.9 Å². The first kappa shape index (κ1) is 27.0. The third-order valence-electron chi connectivity index (χ3n) is 5.49. The van der Waals surface area contributed by atoms with Crippen molar-refractivity contribution in [2.24, 2.45) is 0 Å². The zero-order valence-electron chi connectivity index (χ0n) is 19.8. The van der Waals surface area contributed by atoms with Crippen molar-refractivity contribution in [3.05, 3.63) is 106 Å². The van der Waals surface area contributed by atoms with Gasteiger partial charge in [0.15, 0.2) is 0 Å². The molecule has 0 saturated carbocycles. The van der Waals surface area contributed by atoms with Gasteiger partial charge in [0.2, 0.25) is 11.8 Å². The summed E-state index contributed by atoms with van der Waals surface area (Å²) in [4.78, 5) is 28.4. The highest BCUT2D eigenvalue weighted by Gasteiger charge is 2.30. The molecule has 3 aromatic carbocycles. The van der Waals surface area contributed by atoms with Gasteiger partial charge in [-0.25, -0.2) is 4.39 Å². The third kappa shape index (κ3) is 8.82. The number of hydrogen-bond donors (Lipinski definition) is 1. The Morgan fingerprint density at radius 1 is 0.943 bits per heavy atom. The van der Waals surface area contributed by atoms with Crippen LogP contribution in [0.5, 0.6) is 0 Å². The molecule has 0 fully saturated rings. The van der Waals surface area contributed by atoms with E-state index in [4.69, 9.17) is 0 Å². The van der Waals surface area contributed by atoms with Crippen LogP contribution in [0.4, 0.5) is 4.39 Å². The van der Waals surface area contributed by atoms with Crippen LogP contribution >= 0.6 is 27.7 Å². The molecular formula is C28H30BrFN2O2S. The lowest BCUT2D eigenvalue weighted by molar-refractivity contribution is -0.139. The fraction of sp³-hybridized carbons (Fsp3) is 0.286. The van der Waals surface area contributed by atoms with E-state index < -0.39 is 6.04 Å². The van der Waals surface area contributed by atoms with Crippen LogP contribution in [0.25, 0.3) is 0 Å². The number of thioether (sulfide) groups is 1. The van der Waals surface area contributed by atoms with E-state index in [1.807, 2.05) is 61.5 Å². The molecule has 0 spiro atoms. The highest BCUT2D eigenvalue weighted by Crippen LogP contribution is 2.20. The van der Waals surface area contributed by atoms with Gasteiger partial charge in [-0.3, -0.25) is 9.59 Å². The SMILES string of the molecule is CCCNC(=O)[C@@H](Cc1ccccc1)N(Cc1ccc(F)cc1)C(=O)CSCc1ccc(Br)cc1. The first-order valence-corrected chi connectivity index (χ1v) is 13.6. The summed E-state index contributed by atoms with van der Waals surface area (Å²) in [6.45, 7) is 2.77. The molecule has 0 heterocycles. The Kier molecular flexibility index (Phi) is 10.8. The Morgan fingerprint density at radius 2 is 1.60 bits per heavy atom. The molecule has 2 amide bonds. The van der Waals surface area contributed by atoms with Gasteiger partial charge in [-0.05, 0) is 47.4 Å². The van der Waals surface area contributed by atoms with Crippen LogP contribution in [0.1, 0.15) is 30.0 Å². The summed E-state index contributed by atoms with van der Waals surface area (Å²) < 4.78 is 14.5. The first-order valence-electron chi connectivity index (χ1n) is 11.6. The van der Waals surface area contributed by atoms with Crippen molar-refractivity contribution >= 4 is 39.5 Å². The highest BCUT2D eigenvalue weighted by molar-refractivity contribution is 9.10. The maximum Gasteiger partial charge on any atom is 0.243 e. The van der Waals surface area contributed by atoms with Crippen molar-refractivity contribution in [1.29, 1.82) is 0 Å². The van der Waals surface area contributed by atoms with Gasteiger partial charge in [0.25, 0.3) is 0 Å². The van der Waals surface area contributed by atoms with Crippen molar-refractivity contribution in [3.8, 4) is 0 Å². The third-order valence-corrected chi connectivity index (χ3v) is 7.01. The van der Waals surface area contributed by atoms with Crippen molar-refractivity contribution in [3.63, 3.8) is 0 Å². The highest BCUT2D eigenvalue weighted by atomic mass is 79.9. The van der Waals surface area contributed by atoms with E-state index in [0.29, 0.717) is 18.7 Å². The Hall–Kier alpha value is -2.64. The molecule has 0 bridgehead atoms. The Morgan fingerprint density at radius 3 is 2.26 bits per heavy atom. The topological polar surface area (TPSA) is 49.4 Å². The van der Waals surface area contributed by atoms with Crippen LogP contribution in [-0.2, 0) is 28.3 Å². The van der Waals surface area contributed by atoms with Crippen molar-refractivity contribution in [2.45, 2.75) is 38.1 Å². The molecular weight excluding hydrogens is 527 g/mol. The molecule has 1 atom stereocenters. The average molecular weight is 558 g/mol. The lowest BCUT2D eigenvalue weighted by atomic mass is 10.0. The molecule has 4 nitrogen and oxygen atoms in total. The number of rotatable bonds is 12. The summed E-state index contributed by atoms with van der Waals surface area (Å²) in [5, 5.41) is 2.97. The number of carbonyl (C=O) groups is 2. The molecule has 0 aliphatic rings. The number of carbonyl (C=O) groups excluding carboxylic acids is 2. The summed E-state index contributed by atoms with van der Waals surface area (Å²) >= 11 is 4.95. The molecule has 35 heavy (non-hydrogen) atoms. The maximum atomic E-state index is 13.5. The van der Waals surface area contributed by atoms with E-state index in [2.05, 4.69) is 21.2 Å². The van der Waals surface area contributed by atoms with Crippen molar-refractivity contribution in [2.75, 3.05) is 12.3 Å². The number of nitrogens with one attached hydrogen (secondary N) is 1. The molecule has 0 unspecified atom stereocenters. The second-order valence-electron chi connectivity index (χ2n) is 8.26. The predicted octanol–water partition coefficient (Wildman–Crippen LogP) is 5.99. The predicted molar refractivity (Wildman–Crippen MR) is 144 cm³/mol. The van der Waals surface area contributed by atoms with Crippen molar-refractivity contribution < 1.29 is 14.0 Å². The van der Waals surface area contributed by atoms with E-state index in [0.717, 1.165) is 27.6 Å². The summed E-state index contributed by atoms with van der Waals surface area (Å²) in [7, 11) is 0. The van der Waals surface area contributed by atoms with Crippen LogP contribution in [0.3, 0.4) is 0 Å². The van der Waals surface area contributed by atoms with Gasteiger partial charge >= 0.3 is 0 Å². The molecule has 184 valence electrons.